The second-order valence-electron chi connectivity index (χ2n) is 7.90. The van der Waals surface area contributed by atoms with Crippen LogP contribution in [0.15, 0.2) is 52.5 Å². The molecule has 1 aliphatic heterocycles. The third-order valence-electron chi connectivity index (χ3n) is 5.41. The average molecular weight is 475 g/mol. The van der Waals surface area contributed by atoms with Crippen LogP contribution in [0.4, 0.5) is 11.4 Å². The molecule has 1 heterocycles. The molecule has 0 unspecified atom stereocenters. The van der Waals surface area contributed by atoms with E-state index in [2.05, 4.69) is 17.5 Å². The van der Waals surface area contributed by atoms with Crippen molar-refractivity contribution in [3.63, 3.8) is 0 Å². The highest BCUT2D eigenvalue weighted by Crippen LogP contribution is 2.30. The molecule has 1 fully saturated rings. The van der Waals surface area contributed by atoms with E-state index >= 15 is 0 Å². The van der Waals surface area contributed by atoms with Gasteiger partial charge in [-0.3, -0.25) is 15.5 Å². The van der Waals surface area contributed by atoms with E-state index in [9.17, 15) is 18.5 Å². The third kappa shape index (κ3) is 6.75. The van der Waals surface area contributed by atoms with Gasteiger partial charge < -0.3 is 4.74 Å². The number of anilines is 1. The van der Waals surface area contributed by atoms with Gasteiger partial charge in [0.25, 0.3) is 5.69 Å². The van der Waals surface area contributed by atoms with E-state index < -0.39 is 14.9 Å². The number of benzene rings is 2. The minimum absolute atomic E-state index is 0.0871. The molecular weight excluding hydrogens is 444 g/mol. The van der Waals surface area contributed by atoms with E-state index in [1.807, 2.05) is 24.3 Å². The van der Waals surface area contributed by atoms with Crippen molar-refractivity contribution in [1.29, 1.82) is 0 Å². The summed E-state index contributed by atoms with van der Waals surface area (Å²) >= 11 is 0. The Hall–Kier alpha value is -2.98. The van der Waals surface area contributed by atoms with Gasteiger partial charge in [0.05, 0.1) is 22.6 Å². The first-order valence-electron chi connectivity index (χ1n) is 11.2. The van der Waals surface area contributed by atoms with Crippen LogP contribution in [0.25, 0.3) is 0 Å². The lowest BCUT2D eigenvalue weighted by atomic mass is 10.2. The van der Waals surface area contributed by atoms with Crippen LogP contribution in [0.1, 0.15) is 51.0 Å². The van der Waals surface area contributed by atoms with E-state index in [0.717, 1.165) is 43.1 Å². The number of ether oxygens (including phenoxy) is 1. The molecule has 1 aliphatic rings. The normalized spacial score (nSPS) is 14.6. The predicted octanol–water partition coefficient (Wildman–Crippen LogP) is 4.78. The smallest absolute Gasteiger partial charge is 0.295 e. The molecule has 0 bridgehead atoms. The Morgan fingerprint density at radius 3 is 2.52 bits per heavy atom. The number of hydrogen-bond donors (Lipinski definition) is 1. The number of nitrogens with zero attached hydrogens (tertiary/aromatic N) is 3. The van der Waals surface area contributed by atoms with Crippen LogP contribution in [0.3, 0.4) is 0 Å². The van der Waals surface area contributed by atoms with Crippen LogP contribution in [0.5, 0.6) is 5.75 Å². The fourth-order valence-electron chi connectivity index (χ4n) is 3.54. The zero-order valence-corrected chi connectivity index (χ0v) is 19.6. The summed E-state index contributed by atoms with van der Waals surface area (Å²) in [4.78, 5) is 10.8. The first-order valence-corrected chi connectivity index (χ1v) is 12.7. The van der Waals surface area contributed by atoms with Crippen LogP contribution in [-0.2, 0) is 10.0 Å². The first kappa shape index (κ1) is 24.7. The molecule has 9 nitrogen and oxygen atoms in total. The van der Waals surface area contributed by atoms with Crippen LogP contribution in [0, 0.1) is 10.1 Å². The maximum atomic E-state index is 12.7. The van der Waals surface area contributed by atoms with Gasteiger partial charge in [0.2, 0.25) is 10.0 Å². The zero-order chi connectivity index (χ0) is 23.7. The van der Waals surface area contributed by atoms with Crippen LogP contribution in [-0.4, -0.2) is 43.6 Å². The van der Waals surface area contributed by atoms with Crippen molar-refractivity contribution in [2.45, 2.75) is 50.3 Å². The summed E-state index contributed by atoms with van der Waals surface area (Å²) in [6, 6.07) is 11.2. The highest BCUT2D eigenvalue weighted by molar-refractivity contribution is 7.89. The van der Waals surface area contributed by atoms with E-state index in [0.29, 0.717) is 19.7 Å². The number of hydrogen-bond acceptors (Lipinski definition) is 7. The molecule has 0 amide bonds. The van der Waals surface area contributed by atoms with Gasteiger partial charge >= 0.3 is 0 Å². The van der Waals surface area contributed by atoms with Crippen molar-refractivity contribution < 1.29 is 18.1 Å². The molecule has 178 valence electrons. The van der Waals surface area contributed by atoms with Crippen molar-refractivity contribution in [3.8, 4) is 5.75 Å². The Morgan fingerprint density at radius 2 is 1.85 bits per heavy atom. The second-order valence-corrected chi connectivity index (χ2v) is 9.83. The Morgan fingerprint density at radius 1 is 1.12 bits per heavy atom. The number of hydrazone groups is 1. The second kappa shape index (κ2) is 11.8. The molecule has 0 saturated carbocycles. The highest BCUT2D eigenvalue weighted by Gasteiger charge is 2.29. The monoisotopic (exact) mass is 474 g/mol. The molecule has 0 radical (unpaired) electrons. The summed E-state index contributed by atoms with van der Waals surface area (Å²) in [5.74, 6) is 0.780. The largest absolute Gasteiger partial charge is 0.494 e. The summed E-state index contributed by atoms with van der Waals surface area (Å²) < 4.78 is 32.5. The molecule has 0 atom stereocenters. The van der Waals surface area contributed by atoms with Crippen molar-refractivity contribution in [1.82, 2.24) is 4.31 Å². The third-order valence-corrected chi connectivity index (χ3v) is 7.31. The summed E-state index contributed by atoms with van der Waals surface area (Å²) in [7, 11) is -3.74. The Bertz CT molecular complexity index is 1060. The van der Waals surface area contributed by atoms with Crippen molar-refractivity contribution in [3.05, 3.63) is 58.1 Å². The molecular formula is C23H30N4O5S. The zero-order valence-electron chi connectivity index (χ0n) is 18.8. The maximum Gasteiger partial charge on any atom is 0.295 e. The summed E-state index contributed by atoms with van der Waals surface area (Å²) in [5, 5.41) is 15.6. The molecule has 10 heteroatoms. The lowest BCUT2D eigenvalue weighted by Crippen LogP contribution is -2.27. The van der Waals surface area contributed by atoms with E-state index in [1.165, 1.54) is 35.5 Å². The van der Waals surface area contributed by atoms with Gasteiger partial charge in [0.1, 0.15) is 11.4 Å². The molecule has 0 spiro atoms. The molecule has 0 aromatic heterocycles. The van der Waals surface area contributed by atoms with Gasteiger partial charge in [0.15, 0.2) is 0 Å². The average Bonchev–Trinajstić information content (AvgIpc) is 3.36. The van der Waals surface area contributed by atoms with E-state index in [4.69, 9.17) is 4.74 Å². The van der Waals surface area contributed by atoms with Crippen molar-refractivity contribution >= 4 is 27.6 Å². The van der Waals surface area contributed by atoms with Gasteiger partial charge in [-0.15, -0.1) is 0 Å². The Labute approximate surface area is 194 Å². The number of unbranched alkanes of at least 4 members (excludes halogenated alkanes) is 3. The summed E-state index contributed by atoms with van der Waals surface area (Å²) in [6.07, 6.45) is 7.70. The molecule has 1 N–H and O–H groups in total. The van der Waals surface area contributed by atoms with E-state index in [-0.39, 0.29) is 16.3 Å². The van der Waals surface area contributed by atoms with Crippen molar-refractivity contribution in [2.24, 2.45) is 5.10 Å². The molecule has 2 aromatic carbocycles. The standard InChI is InChI=1S/C23H30N4O5S/c1-2-3-4-7-16-32-20-10-8-19(9-11-20)18-24-25-22-13-12-21(17-23(22)27(28)29)33(30,31)26-14-5-6-15-26/h8-13,17-18,25H,2-7,14-16H2,1H3/b24-18+. The highest BCUT2D eigenvalue weighted by atomic mass is 32.2. The quantitative estimate of drug-likeness (QED) is 0.205. The predicted molar refractivity (Wildman–Crippen MR) is 128 cm³/mol. The molecule has 3 rings (SSSR count). The van der Waals surface area contributed by atoms with Crippen LogP contribution < -0.4 is 10.2 Å². The maximum absolute atomic E-state index is 12.7. The molecule has 33 heavy (non-hydrogen) atoms. The minimum Gasteiger partial charge on any atom is -0.494 e. The number of nitro groups is 1. The number of nitro benzene ring substituents is 1. The van der Waals surface area contributed by atoms with Gasteiger partial charge in [-0.05, 0) is 61.2 Å². The number of sulfonamides is 1. The fourth-order valence-corrected chi connectivity index (χ4v) is 5.08. The van der Waals surface area contributed by atoms with Gasteiger partial charge in [-0.1, -0.05) is 26.2 Å². The fraction of sp³-hybridized carbons (Fsp3) is 0.435. The lowest BCUT2D eigenvalue weighted by Gasteiger charge is -2.15. The summed E-state index contributed by atoms with van der Waals surface area (Å²) in [5.41, 5.74) is 3.20. The van der Waals surface area contributed by atoms with Crippen molar-refractivity contribution in [2.75, 3.05) is 25.1 Å². The van der Waals surface area contributed by atoms with Gasteiger partial charge in [-0.25, -0.2) is 8.42 Å². The van der Waals surface area contributed by atoms with Crippen LogP contribution in [0.2, 0.25) is 0 Å². The van der Waals surface area contributed by atoms with E-state index in [1.54, 1.807) is 0 Å². The van der Waals surface area contributed by atoms with Crippen LogP contribution >= 0.6 is 0 Å². The SMILES string of the molecule is CCCCCCOc1ccc(/C=N/Nc2ccc(S(=O)(=O)N3CCCC3)cc2[N+](=O)[O-])cc1. The minimum atomic E-state index is -3.74. The molecule has 2 aromatic rings. The molecule has 0 aliphatic carbocycles. The number of rotatable bonds is 12. The van der Waals surface area contributed by atoms with Gasteiger partial charge in [-0.2, -0.15) is 9.41 Å². The lowest BCUT2D eigenvalue weighted by molar-refractivity contribution is -0.384. The van der Waals surface area contributed by atoms with Gasteiger partial charge in [0, 0.05) is 19.2 Å². The first-order chi connectivity index (χ1) is 15.9. The Balaban J connectivity index is 1.62. The topological polar surface area (TPSA) is 114 Å². The molecule has 1 saturated heterocycles. The number of nitrogens with one attached hydrogen (secondary N) is 1. The summed E-state index contributed by atoms with van der Waals surface area (Å²) in [6.45, 7) is 3.72. The Kier molecular flexibility index (Phi) is 8.79.